The smallest absolute Gasteiger partial charge is 0.254 e. The van der Waals surface area contributed by atoms with Crippen LogP contribution in [-0.4, -0.2) is 36.1 Å². The molecule has 3 rings (SSSR count). The molecule has 0 radical (unpaired) electrons. The van der Waals surface area contributed by atoms with Gasteiger partial charge in [-0.3, -0.25) is 4.79 Å². The second kappa shape index (κ2) is 5.63. The maximum absolute atomic E-state index is 12.7. The summed E-state index contributed by atoms with van der Waals surface area (Å²) in [7, 11) is 0. The molecule has 4 heteroatoms. The molecule has 0 aromatic heterocycles. The molecule has 2 atom stereocenters. The summed E-state index contributed by atoms with van der Waals surface area (Å²) in [4.78, 5) is 14.7. The zero-order valence-corrected chi connectivity index (χ0v) is 12.4. The van der Waals surface area contributed by atoms with Crippen molar-refractivity contribution in [1.29, 1.82) is 0 Å². The van der Waals surface area contributed by atoms with Crippen molar-refractivity contribution < 1.29 is 9.53 Å². The number of rotatable bonds is 1. The SMILES string of the molecule is O=C(c1cccc(Br)c1)N1CCO[C@@H]2CCCC[C@H]21. The summed E-state index contributed by atoms with van der Waals surface area (Å²) in [6.45, 7) is 1.38. The van der Waals surface area contributed by atoms with Crippen molar-refractivity contribution in [3.8, 4) is 0 Å². The minimum atomic E-state index is 0.140. The Hall–Kier alpha value is -0.870. The summed E-state index contributed by atoms with van der Waals surface area (Å²) in [5.41, 5.74) is 0.764. The van der Waals surface area contributed by atoms with Crippen LogP contribution in [0.3, 0.4) is 0 Å². The average molecular weight is 324 g/mol. The Morgan fingerprint density at radius 1 is 1.32 bits per heavy atom. The molecule has 1 aromatic carbocycles. The van der Waals surface area contributed by atoms with E-state index >= 15 is 0 Å². The lowest BCUT2D eigenvalue weighted by atomic mass is 9.89. The third kappa shape index (κ3) is 2.70. The van der Waals surface area contributed by atoms with Gasteiger partial charge in [-0.15, -0.1) is 0 Å². The monoisotopic (exact) mass is 323 g/mol. The fourth-order valence-electron chi connectivity index (χ4n) is 3.14. The van der Waals surface area contributed by atoms with Crippen LogP contribution in [0.4, 0.5) is 0 Å². The minimum absolute atomic E-state index is 0.140. The molecule has 3 nitrogen and oxygen atoms in total. The number of ether oxygens (including phenoxy) is 1. The van der Waals surface area contributed by atoms with Crippen LogP contribution in [0, 0.1) is 0 Å². The van der Waals surface area contributed by atoms with Gasteiger partial charge < -0.3 is 9.64 Å². The van der Waals surface area contributed by atoms with Crippen LogP contribution in [-0.2, 0) is 4.74 Å². The van der Waals surface area contributed by atoms with Crippen LogP contribution in [0.25, 0.3) is 0 Å². The van der Waals surface area contributed by atoms with E-state index in [-0.39, 0.29) is 18.1 Å². The van der Waals surface area contributed by atoms with Gasteiger partial charge in [-0.05, 0) is 31.0 Å². The highest BCUT2D eigenvalue weighted by Gasteiger charge is 2.36. The summed E-state index contributed by atoms with van der Waals surface area (Å²) in [5, 5.41) is 0. The third-order valence-corrected chi connectivity index (χ3v) is 4.56. The number of halogens is 1. The van der Waals surface area contributed by atoms with E-state index in [0.29, 0.717) is 13.2 Å². The summed E-state index contributed by atoms with van der Waals surface area (Å²) < 4.78 is 6.77. The highest BCUT2D eigenvalue weighted by atomic mass is 79.9. The lowest BCUT2D eigenvalue weighted by Gasteiger charge is -2.43. The number of morpholine rings is 1. The molecule has 1 amide bonds. The molecule has 0 N–H and O–H groups in total. The second-order valence-corrected chi connectivity index (χ2v) is 6.19. The Bertz CT molecular complexity index is 475. The standard InChI is InChI=1S/C15H18BrNO2/c16-12-5-3-4-11(10-12)15(18)17-8-9-19-14-7-2-1-6-13(14)17/h3-5,10,13-14H,1-2,6-9H2/t13-,14-/m1/s1. The van der Waals surface area contributed by atoms with Gasteiger partial charge in [0.15, 0.2) is 0 Å². The summed E-state index contributed by atoms with van der Waals surface area (Å²) >= 11 is 3.43. The van der Waals surface area contributed by atoms with Gasteiger partial charge in [0.2, 0.25) is 0 Å². The number of nitrogens with zero attached hydrogens (tertiary/aromatic N) is 1. The van der Waals surface area contributed by atoms with E-state index in [1.807, 2.05) is 29.2 Å². The molecule has 1 heterocycles. The first-order valence-corrected chi connectivity index (χ1v) is 7.73. The highest BCUT2D eigenvalue weighted by Crippen LogP contribution is 2.29. The van der Waals surface area contributed by atoms with Crippen molar-refractivity contribution in [3.05, 3.63) is 34.3 Å². The van der Waals surface area contributed by atoms with Crippen molar-refractivity contribution in [1.82, 2.24) is 4.90 Å². The van der Waals surface area contributed by atoms with Crippen molar-refractivity contribution in [2.24, 2.45) is 0 Å². The van der Waals surface area contributed by atoms with E-state index in [4.69, 9.17) is 4.74 Å². The van der Waals surface area contributed by atoms with Crippen LogP contribution in [0.2, 0.25) is 0 Å². The van der Waals surface area contributed by atoms with Gasteiger partial charge >= 0.3 is 0 Å². The van der Waals surface area contributed by atoms with Crippen molar-refractivity contribution in [2.45, 2.75) is 37.8 Å². The molecule has 0 spiro atoms. The predicted molar refractivity (Wildman–Crippen MR) is 77.2 cm³/mol. The van der Waals surface area contributed by atoms with Gasteiger partial charge in [0, 0.05) is 16.6 Å². The molecule has 102 valence electrons. The van der Waals surface area contributed by atoms with Crippen molar-refractivity contribution >= 4 is 21.8 Å². The van der Waals surface area contributed by atoms with Gasteiger partial charge in [-0.25, -0.2) is 0 Å². The minimum Gasteiger partial charge on any atom is -0.374 e. The average Bonchev–Trinajstić information content (AvgIpc) is 2.46. The fourth-order valence-corrected chi connectivity index (χ4v) is 3.54. The Morgan fingerprint density at radius 2 is 2.16 bits per heavy atom. The number of benzene rings is 1. The number of fused-ring (bicyclic) bond motifs is 1. The molecule has 1 aliphatic heterocycles. The molecule has 0 unspecified atom stereocenters. The first-order chi connectivity index (χ1) is 9.25. The van der Waals surface area contributed by atoms with E-state index in [0.717, 1.165) is 22.9 Å². The fraction of sp³-hybridized carbons (Fsp3) is 0.533. The highest BCUT2D eigenvalue weighted by molar-refractivity contribution is 9.10. The topological polar surface area (TPSA) is 29.5 Å². The first-order valence-electron chi connectivity index (χ1n) is 6.94. The first kappa shape index (κ1) is 13.1. The van der Waals surface area contributed by atoms with Crippen LogP contribution in [0.1, 0.15) is 36.0 Å². The third-order valence-electron chi connectivity index (χ3n) is 4.06. The molecule has 0 bridgehead atoms. The summed E-state index contributed by atoms with van der Waals surface area (Å²) in [5.74, 6) is 0.140. The molecule has 1 saturated carbocycles. The van der Waals surface area contributed by atoms with Gasteiger partial charge in [0.25, 0.3) is 5.91 Å². The Balaban J connectivity index is 1.82. The lowest BCUT2D eigenvalue weighted by Crippen LogP contribution is -2.54. The van der Waals surface area contributed by atoms with E-state index in [9.17, 15) is 4.79 Å². The molecule has 2 fully saturated rings. The van der Waals surface area contributed by atoms with Crippen LogP contribution in [0.15, 0.2) is 28.7 Å². The van der Waals surface area contributed by atoms with Crippen LogP contribution < -0.4 is 0 Å². The van der Waals surface area contributed by atoms with Crippen LogP contribution in [0.5, 0.6) is 0 Å². The normalized spacial score (nSPS) is 26.9. The molecule has 2 aliphatic rings. The molecule has 1 aromatic rings. The van der Waals surface area contributed by atoms with Gasteiger partial charge in [0.05, 0.1) is 18.8 Å². The van der Waals surface area contributed by atoms with E-state index in [1.54, 1.807) is 0 Å². The van der Waals surface area contributed by atoms with E-state index < -0.39 is 0 Å². The zero-order valence-electron chi connectivity index (χ0n) is 10.8. The Labute approximate surface area is 122 Å². The molecular formula is C15H18BrNO2. The maximum atomic E-state index is 12.7. The van der Waals surface area contributed by atoms with Gasteiger partial charge in [-0.2, -0.15) is 0 Å². The predicted octanol–water partition coefficient (Wildman–Crippen LogP) is 3.23. The van der Waals surface area contributed by atoms with Crippen molar-refractivity contribution in [2.75, 3.05) is 13.2 Å². The number of amides is 1. The number of carbonyl (C=O) groups is 1. The Kier molecular flexibility index (Phi) is 3.89. The summed E-state index contributed by atoms with van der Waals surface area (Å²) in [6.07, 6.45) is 4.84. The zero-order chi connectivity index (χ0) is 13.2. The number of hydrogen-bond donors (Lipinski definition) is 0. The molecule has 1 aliphatic carbocycles. The Morgan fingerprint density at radius 3 is 3.00 bits per heavy atom. The largest absolute Gasteiger partial charge is 0.374 e. The molecular weight excluding hydrogens is 306 g/mol. The quantitative estimate of drug-likeness (QED) is 0.794. The molecule has 1 saturated heterocycles. The lowest BCUT2D eigenvalue weighted by molar-refractivity contribution is -0.0752. The molecule has 19 heavy (non-hydrogen) atoms. The number of hydrogen-bond acceptors (Lipinski definition) is 2. The van der Waals surface area contributed by atoms with Gasteiger partial charge in [0.1, 0.15) is 0 Å². The van der Waals surface area contributed by atoms with Gasteiger partial charge in [-0.1, -0.05) is 34.8 Å². The van der Waals surface area contributed by atoms with Crippen LogP contribution >= 0.6 is 15.9 Å². The van der Waals surface area contributed by atoms with Crippen molar-refractivity contribution in [3.63, 3.8) is 0 Å². The summed E-state index contributed by atoms with van der Waals surface area (Å²) in [6, 6.07) is 7.92. The van der Waals surface area contributed by atoms with E-state index in [2.05, 4.69) is 15.9 Å². The second-order valence-electron chi connectivity index (χ2n) is 5.27. The number of carbonyl (C=O) groups excluding carboxylic acids is 1. The maximum Gasteiger partial charge on any atom is 0.254 e. The van der Waals surface area contributed by atoms with E-state index in [1.165, 1.54) is 12.8 Å².